The summed E-state index contributed by atoms with van der Waals surface area (Å²) in [6.45, 7) is 2.13. The van der Waals surface area contributed by atoms with Gasteiger partial charge in [0.15, 0.2) is 0 Å². The highest BCUT2D eigenvalue weighted by atomic mass is 19.1. The number of nitrogens with one attached hydrogen (secondary N) is 1. The van der Waals surface area contributed by atoms with Crippen LogP contribution >= 0.6 is 0 Å². The lowest BCUT2D eigenvalue weighted by Crippen LogP contribution is -2.30. The first-order valence-electron chi connectivity index (χ1n) is 11.5. The van der Waals surface area contributed by atoms with Gasteiger partial charge in [-0.05, 0) is 55.7 Å². The quantitative estimate of drug-likeness (QED) is 0.444. The van der Waals surface area contributed by atoms with E-state index in [1.165, 1.54) is 18.6 Å². The molecule has 4 heterocycles. The number of hydrogen-bond acceptors (Lipinski definition) is 7. The van der Waals surface area contributed by atoms with E-state index >= 15 is 0 Å². The van der Waals surface area contributed by atoms with Crippen molar-refractivity contribution in [1.82, 2.24) is 25.4 Å². The molecule has 5 rings (SSSR count). The molecule has 0 atom stereocenters. The summed E-state index contributed by atoms with van der Waals surface area (Å²) in [5, 5.41) is 7.84. The van der Waals surface area contributed by atoms with Crippen LogP contribution in [0.2, 0.25) is 0 Å². The number of halogens is 1. The Bertz CT molecular complexity index is 1270. The van der Waals surface area contributed by atoms with Crippen LogP contribution in [0.1, 0.15) is 37.2 Å². The van der Waals surface area contributed by atoms with Crippen molar-refractivity contribution in [2.45, 2.75) is 38.6 Å². The van der Waals surface area contributed by atoms with Gasteiger partial charge in [-0.15, -0.1) is 0 Å². The second kappa shape index (κ2) is 9.94. The molecule has 1 saturated heterocycles. The molecule has 174 valence electrons. The number of carbonyl (C=O) groups excluding carboxylic acids is 1. The molecule has 9 heteroatoms. The fourth-order valence-corrected chi connectivity index (χ4v) is 4.14. The molecular weight excluding hydrogens is 435 g/mol. The van der Waals surface area contributed by atoms with E-state index in [2.05, 4.69) is 25.3 Å². The summed E-state index contributed by atoms with van der Waals surface area (Å²) in [5.74, 6) is 0.878. The molecule has 0 spiro atoms. The second-order valence-electron chi connectivity index (χ2n) is 8.33. The Morgan fingerprint density at radius 1 is 1.06 bits per heavy atom. The van der Waals surface area contributed by atoms with Gasteiger partial charge in [0.1, 0.15) is 28.5 Å². The first-order valence-corrected chi connectivity index (χ1v) is 11.5. The van der Waals surface area contributed by atoms with Crippen molar-refractivity contribution in [3.63, 3.8) is 0 Å². The normalized spacial score (nSPS) is 13.9. The van der Waals surface area contributed by atoms with Crippen molar-refractivity contribution in [3.05, 3.63) is 66.0 Å². The summed E-state index contributed by atoms with van der Waals surface area (Å²) in [5.41, 5.74) is 2.51. The number of aromatic nitrogens is 4. The lowest BCUT2D eigenvalue weighted by Gasteiger charge is -2.28. The van der Waals surface area contributed by atoms with Crippen molar-refractivity contribution < 1.29 is 13.7 Å². The summed E-state index contributed by atoms with van der Waals surface area (Å²) < 4.78 is 19.0. The molecule has 1 aliphatic rings. The fourth-order valence-electron chi connectivity index (χ4n) is 4.14. The van der Waals surface area contributed by atoms with Crippen LogP contribution in [-0.4, -0.2) is 39.1 Å². The molecule has 0 saturated carbocycles. The molecule has 1 amide bonds. The average Bonchev–Trinajstić information content (AvgIpc) is 3.31. The van der Waals surface area contributed by atoms with E-state index in [9.17, 15) is 9.18 Å². The molecule has 0 unspecified atom stereocenters. The number of nitrogens with zero attached hydrogens (tertiary/aromatic N) is 5. The van der Waals surface area contributed by atoms with Gasteiger partial charge >= 0.3 is 0 Å². The van der Waals surface area contributed by atoms with Crippen LogP contribution in [-0.2, 0) is 17.8 Å². The third-order valence-electron chi connectivity index (χ3n) is 5.90. The standard InChI is InChI=1S/C25H25FN6O2/c26-18-9-7-17(8-10-18)23-22-24(32-14-4-1-5-15-32)29-20(30-25(22)34-31-23)11-12-21(33)28-16-19-6-2-3-13-27-19/h2-3,6-10,13H,1,4-5,11-12,14-16H2,(H,28,33). The summed E-state index contributed by atoms with van der Waals surface area (Å²) in [6, 6.07) is 11.7. The van der Waals surface area contributed by atoms with Gasteiger partial charge in [-0.25, -0.2) is 9.37 Å². The van der Waals surface area contributed by atoms with E-state index in [4.69, 9.17) is 9.51 Å². The summed E-state index contributed by atoms with van der Waals surface area (Å²) in [7, 11) is 0. The Kier molecular flexibility index (Phi) is 6.42. The van der Waals surface area contributed by atoms with Gasteiger partial charge in [0.2, 0.25) is 5.91 Å². The molecule has 4 aromatic rings. The maximum absolute atomic E-state index is 13.5. The molecule has 8 nitrogen and oxygen atoms in total. The summed E-state index contributed by atoms with van der Waals surface area (Å²) in [4.78, 5) is 28.2. The van der Waals surface area contributed by atoms with Crippen molar-refractivity contribution in [3.8, 4) is 11.3 Å². The molecule has 0 bridgehead atoms. The lowest BCUT2D eigenvalue weighted by molar-refractivity contribution is -0.121. The minimum absolute atomic E-state index is 0.0987. The number of carbonyl (C=O) groups is 1. The zero-order valence-corrected chi connectivity index (χ0v) is 18.7. The van der Waals surface area contributed by atoms with Crippen LogP contribution in [0.5, 0.6) is 0 Å². The van der Waals surface area contributed by atoms with Crippen molar-refractivity contribution in [2.24, 2.45) is 0 Å². The number of aryl methyl sites for hydroxylation is 1. The van der Waals surface area contributed by atoms with Gasteiger partial charge in [0, 0.05) is 37.7 Å². The summed E-state index contributed by atoms with van der Waals surface area (Å²) >= 11 is 0. The van der Waals surface area contributed by atoms with Crippen molar-refractivity contribution >= 4 is 22.8 Å². The van der Waals surface area contributed by atoms with Crippen LogP contribution in [0.25, 0.3) is 22.4 Å². The number of rotatable bonds is 7. The highest BCUT2D eigenvalue weighted by Crippen LogP contribution is 2.35. The van der Waals surface area contributed by atoms with E-state index < -0.39 is 0 Å². The lowest BCUT2D eigenvalue weighted by atomic mass is 10.1. The molecule has 1 fully saturated rings. The smallest absolute Gasteiger partial charge is 0.263 e. The van der Waals surface area contributed by atoms with Crippen LogP contribution in [0, 0.1) is 5.82 Å². The van der Waals surface area contributed by atoms with E-state index in [1.807, 2.05) is 18.2 Å². The first kappa shape index (κ1) is 21.9. The third-order valence-corrected chi connectivity index (χ3v) is 5.90. The Morgan fingerprint density at radius 2 is 1.88 bits per heavy atom. The predicted molar refractivity (Wildman–Crippen MR) is 125 cm³/mol. The molecule has 0 aliphatic carbocycles. The summed E-state index contributed by atoms with van der Waals surface area (Å²) in [6.07, 6.45) is 5.66. The van der Waals surface area contributed by atoms with Gasteiger partial charge in [0.25, 0.3) is 5.71 Å². The molecule has 34 heavy (non-hydrogen) atoms. The molecule has 1 aliphatic heterocycles. The number of anilines is 1. The number of amides is 1. The number of fused-ring (bicyclic) bond motifs is 1. The Labute approximate surface area is 196 Å². The van der Waals surface area contributed by atoms with E-state index in [1.54, 1.807) is 18.3 Å². The van der Waals surface area contributed by atoms with Crippen molar-refractivity contribution in [2.75, 3.05) is 18.0 Å². The van der Waals surface area contributed by atoms with Gasteiger partial charge in [-0.1, -0.05) is 11.2 Å². The molecule has 0 radical (unpaired) electrons. The predicted octanol–water partition coefficient (Wildman–Crippen LogP) is 4.06. The minimum Gasteiger partial charge on any atom is -0.356 e. The van der Waals surface area contributed by atoms with Crippen molar-refractivity contribution in [1.29, 1.82) is 0 Å². The molecular formula is C25H25FN6O2. The monoisotopic (exact) mass is 460 g/mol. The Balaban J connectivity index is 1.39. The maximum Gasteiger partial charge on any atom is 0.263 e. The molecule has 3 aromatic heterocycles. The second-order valence-corrected chi connectivity index (χ2v) is 8.33. The molecule has 1 aromatic carbocycles. The SMILES string of the molecule is O=C(CCc1nc(N2CCCCC2)c2c(-c3ccc(F)cc3)noc2n1)NCc1ccccn1. The number of pyridine rings is 1. The highest BCUT2D eigenvalue weighted by Gasteiger charge is 2.24. The first-order chi connectivity index (χ1) is 16.7. The third kappa shape index (κ3) is 4.88. The van der Waals surface area contributed by atoms with E-state index in [0.717, 1.165) is 48.4 Å². The fraction of sp³-hybridized carbons (Fsp3) is 0.320. The number of hydrogen-bond donors (Lipinski definition) is 1. The topological polar surface area (TPSA) is 97.0 Å². The van der Waals surface area contributed by atoms with Gasteiger partial charge in [-0.2, -0.15) is 4.98 Å². The zero-order valence-electron chi connectivity index (χ0n) is 18.7. The molecule has 1 N–H and O–H groups in total. The zero-order chi connectivity index (χ0) is 23.3. The highest BCUT2D eigenvalue weighted by molar-refractivity contribution is 5.98. The van der Waals surface area contributed by atoms with Gasteiger partial charge in [0.05, 0.1) is 12.2 Å². The number of piperidine rings is 1. The minimum atomic E-state index is -0.312. The van der Waals surface area contributed by atoms with Gasteiger partial charge < -0.3 is 14.7 Å². The Morgan fingerprint density at radius 3 is 2.65 bits per heavy atom. The Hall–Kier alpha value is -3.88. The largest absolute Gasteiger partial charge is 0.356 e. The van der Waals surface area contributed by atoms with Crippen LogP contribution in [0.15, 0.2) is 53.2 Å². The number of benzene rings is 1. The van der Waals surface area contributed by atoms with Crippen LogP contribution in [0.4, 0.5) is 10.2 Å². The van der Waals surface area contributed by atoms with Gasteiger partial charge in [-0.3, -0.25) is 9.78 Å². The average molecular weight is 461 g/mol. The van der Waals surface area contributed by atoms with E-state index in [-0.39, 0.29) is 18.1 Å². The van der Waals surface area contributed by atoms with Crippen LogP contribution in [0.3, 0.4) is 0 Å². The van der Waals surface area contributed by atoms with E-state index in [0.29, 0.717) is 30.2 Å². The van der Waals surface area contributed by atoms with Crippen LogP contribution < -0.4 is 10.2 Å². The maximum atomic E-state index is 13.5.